The van der Waals surface area contributed by atoms with Gasteiger partial charge in [-0.3, -0.25) is 9.69 Å². The Kier molecular flexibility index (Phi) is 5.73. The van der Waals surface area contributed by atoms with Gasteiger partial charge in [0, 0.05) is 23.2 Å². The maximum absolute atomic E-state index is 10.9. The maximum Gasteiger partial charge on any atom is 0.304 e. The minimum atomic E-state index is -0.674. The molecule has 1 fully saturated rings. The second-order valence-electron chi connectivity index (χ2n) is 4.94. The lowest BCUT2D eigenvalue weighted by molar-refractivity contribution is -0.138. The Balaban J connectivity index is 1.78. The van der Waals surface area contributed by atoms with Gasteiger partial charge in [0.25, 0.3) is 0 Å². The fourth-order valence-corrected chi connectivity index (χ4v) is 3.50. The second kappa shape index (κ2) is 7.56. The van der Waals surface area contributed by atoms with Crippen LogP contribution in [0.4, 0.5) is 0 Å². The molecule has 0 bridgehead atoms. The zero-order valence-corrected chi connectivity index (χ0v) is 11.9. The molecule has 1 saturated heterocycles. The topological polar surface area (TPSA) is 40.5 Å². The molecule has 104 valence electrons. The number of piperidine rings is 1. The first kappa shape index (κ1) is 14.4. The minimum Gasteiger partial charge on any atom is -0.481 e. The Morgan fingerprint density at radius 3 is 2.84 bits per heavy atom. The van der Waals surface area contributed by atoms with Gasteiger partial charge < -0.3 is 5.11 Å². The van der Waals surface area contributed by atoms with Crippen molar-refractivity contribution in [2.75, 3.05) is 18.8 Å². The summed E-state index contributed by atoms with van der Waals surface area (Å²) >= 11 is 1.85. The van der Waals surface area contributed by atoms with E-state index < -0.39 is 5.97 Å². The van der Waals surface area contributed by atoms with E-state index in [0.29, 0.717) is 0 Å². The fourth-order valence-electron chi connectivity index (χ4n) is 2.58. The van der Waals surface area contributed by atoms with E-state index in [1.54, 1.807) is 0 Å². The number of rotatable bonds is 6. The summed E-state index contributed by atoms with van der Waals surface area (Å²) in [7, 11) is 0. The van der Waals surface area contributed by atoms with E-state index in [2.05, 4.69) is 29.2 Å². The second-order valence-corrected chi connectivity index (χ2v) is 6.11. The van der Waals surface area contributed by atoms with E-state index >= 15 is 0 Å². The van der Waals surface area contributed by atoms with Crippen LogP contribution in [0.15, 0.2) is 35.2 Å². The quantitative estimate of drug-likeness (QED) is 0.812. The SMILES string of the molecule is O=C(O)CC1CCCCN1CCSc1ccccc1. The summed E-state index contributed by atoms with van der Waals surface area (Å²) in [5.41, 5.74) is 0. The van der Waals surface area contributed by atoms with Gasteiger partial charge in [-0.2, -0.15) is 0 Å². The van der Waals surface area contributed by atoms with Crippen molar-refractivity contribution >= 4 is 17.7 Å². The average molecular weight is 279 g/mol. The van der Waals surface area contributed by atoms with Gasteiger partial charge in [0.1, 0.15) is 0 Å². The molecule has 1 aromatic rings. The molecule has 2 rings (SSSR count). The molecule has 0 spiro atoms. The summed E-state index contributed by atoms with van der Waals surface area (Å²) in [5, 5.41) is 8.96. The molecule has 4 heteroatoms. The van der Waals surface area contributed by atoms with Crippen molar-refractivity contribution < 1.29 is 9.90 Å². The van der Waals surface area contributed by atoms with Crippen molar-refractivity contribution in [3.05, 3.63) is 30.3 Å². The van der Waals surface area contributed by atoms with E-state index in [0.717, 1.165) is 25.3 Å². The number of nitrogens with zero attached hydrogens (tertiary/aromatic N) is 1. The Bertz CT molecular complexity index is 396. The summed E-state index contributed by atoms with van der Waals surface area (Å²) in [6.45, 7) is 2.03. The van der Waals surface area contributed by atoms with Gasteiger partial charge in [-0.05, 0) is 31.5 Å². The van der Waals surface area contributed by atoms with Crippen LogP contribution in [0.3, 0.4) is 0 Å². The molecule has 1 heterocycles. The molecule has 0 saturated carbocycles. The average Bonchev–Trinajstić information content (AvgIpc) is 2.41. The molecule has 3 nitrogen and oxygen atoms in total. The highest BCUT2D eigenvalue weighted by Crippen LogP contribution is 2.22. The fraction of sp³-hybridized carbons (Fsp3) is 0.533. The third-order valence-electron chi connectivity index (χ3n) is 3.55. The van der Waals surface area contributed by atoms with E-state index in [-0.39, 0.29) is 12.5 Å². The first-order chi connectivity index (χ1) is 9.25. The monoisotopic (exact) mass is 279 g/mol. The number of aliphatic carboxylic acids is 1. The summed E-state index contributed by atoms with van der Waals surface area (Å²) in [6, 6.07) is 10.6. The van der Waals surface area contributed by atoms with Crippen molar-refractivity contribution in [1.82, 2.24) is 4.90 Å². The number of hydrogen-bond donors (Lipinski definition) is 1. The summed E-state index contributed by atoms with van der Waals surface area (Å²) in [4.78, 5) is 14.5. The lowest BCUT2D eigenvalue weighted by atomic mass is 9.99. The van der Waals surface area contributed by atoms with Gasteiger partial charge in [0.2, 0.25) is 0 Å². The van der Waals surface area contributed by atoms with Crippen LogP contribution in [-0.4, -0.2) is 40.9 Å². The molecule has 1 unspecified atom stereocenters. The molecule has 1 aliphatic heterocycles. The molecule has 1 atom stereocenters. The van der Waals surface area contributed by atoms with Crippen LogP contribution < -0.4 is 0 Å². The zero-order valence-electron chi connectivity index (χ0n) is 11.1. The number of carboxylic acids is 1. The van der Waals surface area contributed by atoms with Crippen molar-refractivity contribution in [2.45, 2.75) is 36.6 Å². The Labute approximate surface area is 119 Å². The van der Waals surface area contributed by atoms with Crippen LogP contribution >= 0.6 is 11.8 Å². The molecular formula is C15H21NO2S. The van der Waals surface area contributed by atoms with Crippen LogP contribution in [-0.2, 0) is 4.79 Å². The molecule has 19 heavy (non-hydrogen) atoms. The van der Waals surface area contributed by atoms with E-state index in [1.165, 1.54) is 17.7 Å². The van der Waals surface area contributed by atoms with Gasteiger partial charge in [0.15, 0.2) is 0 Å². The minimum absolute atomic E-state index is 0.239. The van der Waals surface area contributed by atoms with Crippen molar-refractivity contribution in [3.63, 3.8) is 0 Å². The van der Waals surface area contributed by atoms with E-state index in [1.807, 2.05) is 17.8 Å². The van der Waals surface area contributed by atoms with E-state index in [9.17, 15) is 4.79 Å². The highest BCUT2D eigenvalue weighted by atomic mass is 32.2. The molecular weight excluding hydrogens is 258 g/mol. The van der Waals surface area contributed by atoms with Gasteiger partial charge in [-0.15, -0.1) is 11.8 Å². The summed E-state index contributed by atoms with van der Waals surface area (Å²) in [5.74, 6) is 0.354. The molecule has 1 aromatic carbocycles. The molecule has 0 radical (unpaired) electrons. The van der Waals surface area contributed by atoms with Crippen LogP contribution in [0.25, 0.3) is 0 Å². The lowest BCUT2D eigenvalue weighted by Crippen LogP contribution is -2.42. The Hall–Kier alpha value is -1.00. The number of thioether (sulfide) groups is 1. The van der Waals surface area contributed by atoms with Crippen LogP contribution in [0.5, 0.6) is 0 Å². The molecule has 0 amide bonds. The normalized spacial score (nSPS) is 20.3. The van der Waals surface area contributed by atoms with Crippen LogP contribution in [0, 0.1) is 0 Å². The predicted octanol–water partition coefficient (Wildman–Crippen LogP) is 3.11. The lowest BCUT2D eigenvalue weighted by Gasteiger charge is -2.34. The number of hydrogen-bond acceptors (Lipinski definition) is 3. The third-order valence-corrected chi connectivity index (χ3v) is 4.54. The Morgan fingerprint density at radius 2 is 2.11 bits per heavy atom. The van der Waals surface area contributed by atoms with Crippen LogP contribution in [0.2, 0.25) is 0 Å². The smallest absolute Gasteiger partial charge is 0.304 e. The molecule has 1 aliphatic rings. The standard InChI is InChI=1S/C15H21NO2S/c17-15(18)12-13-6-4-5-9-16(13)10-11-19-14-7-2-1-3-8-14/h1-3,7-8,13H,4-6,9-12H2,(H,17,18). The first-order valence-corrected chi connectivity index (χ1v) is 7.88. The molecule has 0 aliphatic carbocycles. The highest BCUT2D eigenvalue weighted by molar-refractivity contribution is 7.99. The predicted molar refractivity (Wildman–Crippen MR) is 78.6 cm³/mol. The first-order valence-electron chi connectivity index (χ1n) is 6.89. The van der Waals surface area contributed by atoms with Crippen molar-refractivity contribution in [2.24, 2.45) is 0 Å². The summed E-state index contributed by atoms with van der Waals surface area (Å²) < 4.78 is 0. The highest BCUT2D eigenvalue weighted by Gasteiger charge is 2.23. The number of carboxylic acid groups (broad SMARTS) is 1. The maximum atomic E-state index is 10.9. The van der Waals surface area contributed by atoms with Gasteiger partial charge >= 0.3 is 5.97 Å². The van der Waals surface area contributed by atoms with Gasteiger partial charge in [0.05, 0.1) is 6.42 Å². The van der Waals surface area contributed by atoms with Crippen LogP contribution in [0.1, 0.15) is 25.7 Å². The number of carbonyl (C=O) groups is 1. The molecule has 1 N–H and O–H groups in total. The van der Waals surface area contributed by atoms with Crippen molar-refractivity contribution in [3.8, 4) is 0 Å². The Morgan fingerprint density at radius 1 is 1.32 bits per heavy atom. The van der Waals surface area contributed by atoms with Crippen molar-refractivity contribution in [1.29, 1.82) is 0 Å². The summed E-state index contributed by atoms with van der Waals surface area (Å²) in [6.07, 6.45) is 3.69. The number of benzene rings is 1. The van der Waals surface area contributed by atoms with Gasteiger partial charge in [-0.25, -0.2) is 0 Å². The zero-order chi connectivity index (χ0) is 13.5. The molecule has 0 aromatic heterocycles. The number of likely N-dealkylation sites (tertiary alicyclic amines) is 1. The third kappa shape index (κ3) is 4.88. The van der Waals surface area contributed by atoms with E-state index in [4.69, 9.17) is 5.11 Å². The van der Waals surface area contributed by atoms with Gasteiger partial charge in [-0.1, -0.05) is 24.6 Å². The largest absolute Gasteiger partial charge is 0.481 e.